The van der Waals surface area contributed by atoms with E-state index in [2.05, 4.69) is 30.5 Å². The minimum atomic E-state index is -3.32. The largest absolute Gasteiger partial charge is 0.486 e. The molecule has 1 aliphatic rings. The van der Waals surface area contributed by atoms with Gasteiger partial charge in [0, 0.05) is 30.2 Å². The molecule has 35 heavy (non-hydrogen) atoms. The summed E-state index contributed by atoms with van der Waals surface area (Å²) in [5, 5.41) is 14.6. The van der Waals surface area contributed by atoms with Crippen molar-refractivity contribution in [2.24, 2.45) is 0 Å². The van der Waals surface area contributed by atoms with Crippen molar-refractivity contribution in [1.82, 2.24) is 15.2 Å². The lowest BCUT2D eigenvalue weighted by atomic mass is 10.2. The number of pyridine rings is 1. The first-order chi connectivity index (χ1) is 16.9. The fourth-order valence-electron chi connectivity index (χ4n) is 3.44. The molecule has 0 atom stereocenters. The van der Waals surface area contributed by atoms with E-state index in [-0.39, 0.29) is 6.01 Å². The molecule has 0 bridgehead atoms. The van der Waals surface area contributed by atoms with Crippen LogP contribution >= 0.6 is 0 Å². The molecule has 0 spiro atoms. The molecule has 2 aromatic carbocycles. The molecule has 0 amide bonds. The molecule has 0 saturated carbocycles. The van der Waals surface area contributed by atoms with Gasteiger partial charge in [0.25, 0.3) is 5.89 Å². The minimum absolute atomic E-state index is 0.223. The Morgan fingerprint density at radius 2 is 1.71 bits per heavy atom. The van der Waals surface area contributed by atoms with Crippen LogP contribution in [0.3, 0.4) is 0 Å². The van der Waals surface area contributed by atoms with E-state index in [9.17, 15) is 8.42 Å². The molecule has 0 fully saturated rings. The zero-order valence-electron chi connectivity index (χ0n) is 18.7. The lowest BCUT2D eigenvalue weighted by Gasteiger charge is -2.18. The second-order valence-corrected chi connectivity index (χ2v) is 9.47. The van der Waals surface area contributed by atoms with E-state index in [1.165, 1.54) is 0 Å². The van der Waals surface area contributed by atoms with E-state index < -0.39 is 10.0 Å². The monoisotopic (exact) mass is 494 g/mol. The Kier molecular flexibility index (Phi) is 6.10. The zero-order chi connectivity index (χ0) is 24.3. The number of hydrogen-bond donors (Lipinski definition) is 3. The fourth-order valence-corrected chi connectivity index (χ4v) is 4.00. The van der Waals surface area contributed by atoms with Gasteiger partial charge in [0.1, 0.15) is 19.0 Å². The molecule has 3 heterocycles. The van der Waals surface area contributed by atoms with Gasteiger partial charge in [-0.05, 0) is 42.0 Å². The molecule has 5 rings (SSSR count). The Labute approximate surface area is 201 Å². The molecule has 0 saturated heterocycles. The average molecular weight is 495 g/mol. The number of sulfonamides is 1. The summed E-state index contributed by atoms with van der Waals surface area (Å²) >= 11 is 0. The first kappa shape index (κ1) is 22.5. The van der Waals surface area contributed by atoms with Gasteiger partial charge in [-0.15, -0.1) is 5.10 Å². The molecule has 180 valence electrons. The predicted octanol–water partition coefficient (Wildman–Crippen LogP) is 3.63. The van der Waals surface area contributed by atoms with Crippen molar-refractivity contribution in [1.29, 1.82) is 0 Å². The summed E-state index contributed by atoms with van der Waals surface area (Å²) in [5.74, 6) is 2.22. The quantitative estimate of drug-likeness (QED) is 0.332. The number of ether oxygens (including phenoxy) is 2. The maximum absolute atomic E-state index is 11.4. The van der Waals surface area contributed by atoms with Crippen LogP contribution in [0.1, 0.15) is 5.56 Å². The van der Waals surface area contributed by atoms with E-state index in [1.54, 1.807) is 24.4 Å². The van der Waals surface area contributed by atoms with Gasteiger partial charge in [0.05, 0.1) is 11.8 Å². The van der Waals surface area contributed by atoms with Crippen LogP contribution in [0.5, 0.6) is 11.5 Å². The van der Waals surface area contributed by atoms with Gasteiger partial charge < -0.3 is 24.5 Å². The standard InChI is InChI=1S/C23H22N6O5S/c1-35(30,31)29-16-6-4-15(5-7-16)14-25-21-18(3-2-10-24-21)22-27-28-23(34-22)26-17-8-9-19-20(13-17)33-12-11-32-19/h2-10,13,29H,11-12,14H2,1H3,(H,24,25)(H,26,28). The first-order valence-electron chi connectivity index (χ1n) is 10.7. The van der Waals surface area contributed by atoms with Gasteiger partial charge >= 0.3 is 6.01 Å². The highest BCUT2D eigenvalue weighted by atomic mass is 32.2. The smallest absolute Gasteiger partial charge is 0.320 e. The molecule has 0 aliphatic carbocycles. The van der Waals surface area contributed by atoms with Crippen LogP contribution in [0, 0.1) is 0 Å². The lowest BCUT2D eigenvalue weighted by Crippen LogP contribution is -2.15. The summed E-state index contributed by atoms with van der Waals surface area (Å²) in [7, 11) is -3.32. The third-order valence-corrected chi connectivity index (χ3v) is 5.58. The molecule has 1 aliphatic heterocycles. The van der Waals surface area contributed by atoms with Crippen molar-refractivity contribution in [3.63, 3.8) is 0 Å². The third-order valence-electron chi connectivity index (χ3n) is 4.97. The number of nitrogens with zero attached hydrogens (tertiary/aromatic N) is 3. The molecular weight excluding hydrogens is 472 g/mol. The van der Waals surface area contributed by atoms with Crippen LogP contribution in [0.25, 0.3) is 11.5 Å². The van der Waals surface area contributed by atoms with Crippen LogP contribution in [0.15, 0.2) is 65.2 Å². The second-order valence-electron chi connectivity index (χ2n) is 7.72. The van der Waals surface area contributed by atoms with Gasteiger partial charge in [0.2, 0.25) is 10.0 Å². The maximum Gasteiger partial charge on any atom is 0.320 e. The second kappa shape index (κ2) is 9.50. The van der Waals surface area contributed by atoms with E-state index in [1.807, 2.05) is 36.4 Å². The molecular formula is C23H22N6O5S. The van der Waals surface area contributed by atoms with Gasteiger partial charge in [-0.1, -0.05) is 17.2 Å². The molecule has 4 aromatic rings. The average Bonchev–Trinajstić information content (AvgIpc) is 3.31. The van der Waals surface area contributed by atoms with E-state index in [0.29, 0.717) is 54.2 Å². The van der Waals surface area contributed by atoms with Crippen LogP contribution in [-0.4, -0.2) is 43.1 Å². The summed E-state index contributed by atoms with van der Waals surface area (Å²) in [6, 6.07) is 16.4. The number of aromatic nitrogens is 3. The Hall–Kier alpha value is -4.32. The molecule has 2 aromatic heterocycles. The third kappa shape index (κ3) is 5.61. The van der Waals surface area contributed by atoms with Gasteiger partial charge in [-0.3, -0.25) is 4.72 Å². The van der Waals surface area contributed by atoms with Crippen molar-refractivity contribution < 1.29 is 22.3 Å². The summed E-state index contributed by atoms with van der Waals surface area (Å²) in [6.45, 7) is 1.49. The highest BCUT2D eigenvalue weighted by Crippen LogP contribution is 2.34. The van der Waals surface area contributed by atoms with Crippen molar-refractivity contribution in [2.45, 2.75) is 6.54 Å². The number of rotatable bonds is 8. The number of benzene rings is 2. The van der Waals surface area contributed by atoms with Crippen LogP contribution in [0.4, 0.5) is 23.2 Å². The Morgan fingerprint density at radius 3 is 2.51 bits per heavy atom. The van der Waals surface area contributed by atoms with Crippen molar-refractivity contribution >= 4 is 33.2 Å². The number of hydrogen-bond acceptors (Lipinski definition) is 10. The van der Waals surface area contributed by atoms with Crippen LogP contribution in [0.2, 0.25) is 0 Å². The predicted molar refractivity (Wildman–Crippen MR) is 130 cm³/mol. The number of nitrogens with one attached hydrogen (secondary N) is 3. The van der Waals surface area contributed by atoms with Gasteiger partial charge in [-0.2, -0.15) is 0 Å². The van der Waals surface area contributed by atoms with Crippen molar-refractivity contribution in [3.8, 4) is 23.0 Å². The van der Waals surface area contributed by atoms with Crippen LogP contribution < -0.4 is 24.8 Å². The van der Waals surface area contributed by atoms with E-state index in [0.717, 1.165) is 17.5 Å². The van der Waals surface area contributed by atoms with E-state index >= 15 is 0 Å². The Balaban J connectivity index is 1.27. The lowest BCUT2D eigenvalue weighted by molar-refractivity contribution is 0.171. The number of anilines is 4. The Morgan fingerprint density at radius 1 is 0.943 bits per heavy atom. The number of fused-ring (bicyclic) bond motifs is 1. The molecule has 0 unspecified atom stereocenters. The molecule has 0 radical (unpaired) electrons. The Bertz CT molecular complexity index is 1440. The van der Waals surface area contributed by atoms with Crippen LogP contribution in [-0.2, 0) is 16.6 Å². The summed E-state index contributed by atoms with van der Waals surface area (Å²) in [4.78, 5) is 4.40. The molecule has 3 N–H and O–H groups in total. The minimum Gasteiger partial charge on any atom is -0.486 e. The first-order valence-corrected chi connectivity index (χ1v) is 12.6. The maximum atomic E-state index is 11.4. The molecule has 11 nitrogen and oxygen atoms in total. The fraction of sp³-hybridized carbons (Fsp3) is 0.174. The van der Waals surface area contributed by atoms with Crippen molar-refractivity contribution in [2.75, 3.05) is 34.8 Å². The summed E-state index contributed by atoms with van der Waals surface area (Å²) in [6.07, 6.45) is 2.77. The van der Waals surface area contributed by atoms with Gasteiger partial charge in [-0.25, -0.2) is 13.4 Å². The summed E-state index contributed by atoms with van der Waals surface area (Å²) < 4.78 is 42.1. The normalized spacial score (nSPS) is 12.7. The highest BCUT2D eigenvalue weighted by Gasteiger charge is 2.16. The highest BCUT2D eigenvalue weighted by molar-refractivity contribution is 7.92. The van der Waals surface area contributed by atoms with Crippen molar-refractivity contribution in [3.05, 3.63) is 66.4 Å². The zero-order valence-corrected chi connectivity index (χ0v) is 19.5. The van der Waals surface area contributed by atoms with E-state index in [4.69, 9.17) is 13.9 Å². The SMILES string of the molecule is CS(=O)(=O)Nc1ccc(CNc2ncccc2-c2nnc(Nc3ccc4c(c3)OCCO4)o2)cc1. The molecule has 12 heteroatoms. The van der Waals surface area contributed by atoms with Gasteiger partial charge in [0.15, 0.2) is 11.5 Å². The topological polar surface area (TPSA) is 140 Å². The summed E-state index contributed by atoms with van der Waals surface area (Å²) in [5.41, 5.74) is 2.80.